The maximum Gasteiger partial charge on any atom is 0.265 e. The van der Waals surface area contributed by atoms with Crippen molar-refractivity contribution in [2.45, 2.75) is 90.7 Å². The van der Waals surface area contributed by atoms with E-state index in [0.717, 1.165) is 0 Å². The summed E-state index contributed by atoms with van der Waals surface area (Å²) < 4.78 is 45.4. The van der Waals surface area contributed by atoms with Crippen molar-refractivity contribution in [1.29, 1.82) is 10.5 Å². The second-order valence-electron chi connectivity index (χ2n) is 8.34. The monoisotopic (exact) mass is 642 g/mol. The molecule has 0 aromatic rings. The van der Waals surface area contributed by atoms with Crippen molar-refractivity contribution in [1.82, 2.24) is 0 Å². The molecular weight excluding hydrogens is 611 g/mol. The van der Waals surface area contributed by atoms with Crippen molar-refractivity contribution in [3.05, 3.63) is 6.10 Å². The van der Waals surface area contributed by atoms with Crippen LogP contribution in [0, 0.1) is 34.2 Å². The quantitative estimate of drug-likeness (QED) is 0.257. The van der Waals surface area contributed by atoms with E-state index >= 15 is 0 Å². The Morgan fingerprint density at radius 1 is 1.22 bits per heavy atom. The van der Waals surface area contributed by atoms with E-state index in [9.17, 15) is 20.0 Å². The van der Waals surface area contributed by atoms with Gasteiger partial charge < -0.3 is 32.9 Å². The Morgan fingerprint density at radius 3 is 2.38 bits per heavy atom. The fraction of sp³-hybridized carbons (Fsp3) is 0.850. The van der Waals surface area contributed by atoms with Gasteiger partial charge in [0.2, 0.25) is 0 Å². The second-order valence-corrected chi connectivity index (χ2v) is 9.71. The molecular formula is C20H31N2O8PW-2. The van der Waals surface area contributed by atoms with Gasteiger partial charge in [-0.3, -0.25) is 4.57 Å². The van der Waals surface area contributed by atoms with Crippen molar-refractivity contribution >= 4 is 7.82 Å². The van der Waals surface area contributed by atoms with Crippen molar-refractivity contribution in [2.75, 3.05) is 13.2 Å². The van der Waals surface area contributed by atoms with E-state index in [2.05, 4.69) is 0 Å². The summed E-state index contributed by atoms with van der Waals surface area (Å²) >= 11 is 0. The molecule has 0 N–H and O–H groups in total. The van der Waals surface area contributed by atoms with Crippen molar-refractivity contribution < 1.29 is 58.5 Å². The van der Waals surface area contributed by atoms with Gasteiger partial charge in [-0.2, -0.15) is 10.5 Å². The molecule has 32 heavy (non-hydrogen) atoms. The van der Waals surface area contributed by atoms with Gasteiger partial charge >= 0.3 is 0 Å². The predicted molar refractivity (Wildman–Crippen MR) is 106 cm³/mol. The zero-order valence-corrected chi connectivity index (χ0v) is 23.0. The molecule has 0 saturated carbocycles. The first-order chi connectivity index (χ1) is 14.4. The van der Waals surface area contributed by atoms with E-state index in [0.29, 0.717) is 12.5 Å². The standard InChI is InChI=1S/C20H32N2O8P.W/c1-12(2)25-8-18-19(20(10-21,11-22)15(6)29-18)30-31(23,24)26-9-17-16(27-13(3)4)7-14(5)28-17;/h12-16,18-19H,7-9H2,1-6H3,(H,23,24);/q-1;/p-1/t14-,15-,16+,18+,19-;/m0./s1. The van der Waals surface area contributed by atoms with Crippen LogP contribution in [0.4, 0.5) is 0 Å². The van der Waals surface area contributed by atoms with Crippen LogP contribution in [0.15, 0.2) is 0 Å². The molecule has 2 aliphatic rings. The van der Waals surface area contributed by atoms with Gasteiger partial charge in [0.1, 0.15) is 12.2 Å². The molecule has 0 spiro atoms. The molecule has 0 aromatic carbocycles. The Balaban J connectivity index is 0.00000512. The summed E-state index contributed by atoms with van der Waals surface area (Å²) in [5, 5.41) is 19.3. The topological polar surface area (TPSA) is 143 Å². The Kier molecular flexibility index (Phi) is 11.5. The summed E-state index contributed by atoms with van der Waals surface area (Å²) in [7, 11) is -4.94. The number of phosphoric ester groups is 1. The van der Waals surface area contributed by atoms with E-state index < -0.39 is 37.7 Å². The summed E-state index contributed by atoms with van der Waals surface area (Å²) in [5.74, 6) is 0. The normalized spacial score (nSPS) is 31.8. The minimum atomic E-state index is -4.94. The first-order valence-corrected chi connectivity index (χ1v) is 11.8. The van der Waals surface area contributed by atoms with Crippen LogP contribution >= 0.6 is 7.82 Å². The van der Waals surface area contributed by atoms with Crippen LogP contribution in [-0.4, -0.2) is 55.9 Å². The molecule has 2 saturated heterocycles. The molecule has 6 atom stereocenters. The van der Waals surface area contributed by atoms with E-state index in [-0.39, 0.29) is 52.6 Å². The molecule has 0 aliphatic carbocycles. The van der Waals surface area contributed by atoms with Crippen LogP contribution in [-0.2, 0) is 53.6 Å². The van der Waals surface area contributed by atoms with Crippen molar-refractivity contribution in [2.24, 2.45) is 5.41 Å². The molecule has 2 fully saturated rings. The summed E-state index contributed by atoms with van der Waals surface area (Å²) in [5.41, 5.74) is -1.83. The summed E-state index contributed by atoms with van der Waals surface area (Å²) in [6.07, 6.45) is -3.07. The molecule has 2 heterocycles. The third kappa shape index (κ3) is 7.31. The van der Waals surface area contributed by atoms with Crippen LogP contribution < -0.4 is 4.89 Å². The van der Waals surface area contributed by atoms with Crippen LogP contribution in [0.3, 0.4) is 0 Å². The van der Waals surface area contributed by atoms with E-state index in [1.807, 2.05) is 32.9 Å². The molecule has 0 radical (unpaired) electrons. The Bertz CT molecular complexity index is 726. The summed E-state index contributed by atoms with van der Waals surface area (Å²) in [6.45, 7) is 10.3. The number of hydrogen-bond acceptors (Lipinski definition) is 10. The Hall–Kier alpha value is -0.382. The fourth-order valence-electron chi connectivity index (χ4n) is 3.58. The summed E-state index contributed by atoms with van der Waals surface area (Å²) in [4.78, 5) is 12.6. The number of hydrogen-bond donors (Lipinski definition) is 0. The van der Waals surface area contributed by atoms with Crippen LogP contribution in [0.5, 0.6) is 0 Å². The number of nitrogens with zero attached hydrogens (tertiary/aromatic N) is 2. The Labute approximate surface area is 204 Å². The van der Waals surface area contributed by atoms with Crippen LogP contribution in [0.1, 0.15) is 48.0 Å². The van der Waals surface area contributed by atoms with Gasteiger partial charge in [-0.1, -0.05) is 0 Å². The minimum Gasteiger partial charge on any atom is -0.756 e. The second kappa shape index (κ2) is 12.4. The number of nitriles is 2. The average molecular weight is 642 g/mol. The van der Waals surface area contributed by atoms with E-state index in [4.69, 9.17) is 28.0 Å². The molecule has 0 aromatic heterocycles. The smallest absolute Gasteiger partial charge is 0.265 e. The third-order valence-corrected chi connectivity index (χ3v) is 6.00. The molecule has 2 rings (SSSR count). The molecule has 12 heteroatoms. The molecule has 182 valence electrons. The third-order valence-electron chi connectivity index (χ3n) is 5.07. The van der Waals surface area contributed by atoms with Gasteiger partial charge in [0.05, 0.1) is 31.0 Å². The summed E-state index contributed by atoms with van der Waals surface area (Å²) in [6, 6.07) is 3.73. The molecule has 1 unspecified atom stereocenters. The SMILES string of the molecule is CC(C)OC[C@H]1O[C@@H](C)C(C#N)(C#N)[C@H]1OP(=O)([O-])OC[C-]1O[C@@H](C)C[C@H]1OC(C)C.[W]. The number of ether oxygens (including phenoxy) is 4. The molecule has 10 nitrogen and oxygen atoms in total. The van der Waals surface area contributed by atoms with Crippen LogP contribution in [0.25, 0.3) is 0 Å². The maximum atomic E-state index is 12.6. The van der Waals surface area contributed by atoms with Gasteiger partial charge in [0.25, 0.3) is 7.82 Å². The van der Waals surface area contributed by atoms with Crippen molar-refractivity contribution in [3.8, 4) is 12.1 Å². The first-order valence-electron chi connectivity index (χ1n) is 10.4. The predicted octanol–water partition coefficient (Wildman–Crippen LogP) is 2.23. The van der Waals surface area contributed by atoms with E-state index in [1.165, 1.54) is 6.92 Å². The van der Waals surface area contributed by atoms with E-state index in [1.54, 1.807) is 13.8 Å². The molecule has 0 amide bonds. The van der Waals surface area contributed by atoms with Crippen molar-refractivity contribution in [3.63, 3.8) is 0 Å². The van der Waals surface area contributed by atoms with Gasteiger partial charge in [0.15, 0.2) is 5.41 Å². The fourth-order valence-corrected chi connectivity index (χ4v) is 4.51. The minimum absolute atomic E-state index is 0. The van der Waals surface area contributed by atoms with Crippen LogP contribution in [0.2, 0.25) is 0 Å². The first kappa shape index (κ1) is 29.6. The van der Waals surface area contributed by atoms with Gasteiger partial charge in [0, 0.05) is 33.3 Å². The largest absolute Gasteiger partial charge is 0.756 e. The molecule has 2 aliphatic heterocycles. The maximum absolute atomic E-state index is 12.6. The zero-order chi connectivity index (χ0) is 23.4. The number of phosphoric acid groups is 1. The molecule has 0 bridgehead atoms. The number of rotatable bonds is 10. The Morgan fingerprint density at radius 2 is 1.84 bits per heavy atom. The van der Waals surface area contributed by atoms with Gasteiger partial charge in [-0.25, -0.2) is 0 Å². The van der Waals surface area contributed by atoms with Gasteiger partial charge in [-0.05, 0) is 60.7 Å². The zero-order valence-electron chi connectivity index (χ0n) is 19.2. The average Bonchev–Trinajstić information content (AvgIpc) is 3.14. The van der Waals surface area contributed by atoms with Gasteiger partial charge in [-0.15, -0.1) is 6.10 Å².